The highest BCUT2D eigenvalue weighted by molar-refractivity contribution is 5.99. The Kier molecular flexibility index (Phi) is 20.1. The first kappa shape index (κ1) is 52.6. The quantitative estimate of drug-likeness (QED) is 0.0483. The summed E-state index contributed by atoms with van der Waals surface area (Å²) >= 11 is 0. The topological polar surface area (TPSA) is 139 Å². The molecule has 3 N–H and O–H groups in total. The molecular weight excluding hydrogens is 896 g/mol. The molecule has 0 aliphatic carbocycles. The lowest BCUT2D eigenvalue weighted by Gasteiger charge is -2.22. The van der Waals surface area contributed by atoms with Crippen LogP contribution < -0.4 is 10.6 Å². The van der Waals surface area contributed by atoms with Gasteiger partial charge in [0.1, 0.15) is 29.1 Å². The number of amides is 2. The fourth-order valence-corrected chi connectivity index (χ4v) is 7.38. The van der Waals surface area contributed by atoms with Crippen LogP contribution in [0.1, 0.15) is 68.3 Å². The van der Waals surface area contributed by atoms with Crippen molar-refractivity contribution in [2.45, 2.75) is 64.5 Å². The summed E-state index contributed by atoms with van der Waals surface area (Å²) in [5, 5.41) is 15.3. The van der Waals surface area contributed by atoms with E-state index in [2.05, 4.69) is 10.6 Å². The average molecular weight is 949 g/mol. The second-order valence-corrected chi connectivity index (χ2v) is 16.8. The minimum absolute atomic E-state index is 0.0341. The number of ether oxygens (including phenoxy) is 1. The number of carbonyl (C=O) groups is 5. The zero-order valence-electron chi connectivity index (χ0n) is 38.1. The number of carbonyl (C=O) groups excluding carboxylic acids is 5. The van der Waals surface area contributed by atoms with E-state index in [4.69, 9.17) is 4.74 Å². The maximum Gasteiger partial charge on any atom is 0.302 e. The lowest BCUT2D eigenvalue weighted by molar-refractivity contribution is -0.143. The van der Waals surface area contributed by atoms with Crippen molar-refractivity contribution in [2.24, 2.45) is 11.8 Å². The molecule has 69 heavy (non-hydrogen) atoms. The fourth-order valence-electron chi connectivity index (χ4n) is 7.38. The van der Waals surface area contributed by atoms with Crippen molar-refractivity contribution in [3.8, 4) is 0 Å². The molecule has 0 saturated heterocycles. The number of benzene rings is 6. The summed E-state index contributed by atoms with van der Waals surface area (Å²) in [7, 11) is 0. The lowest BCUT2D eigenvalue weighted by Crippen LogP contribution is -2.43. The molecule has 2 amide bonds. The van der Waals surface area contributed by atoms with Gasteiger partial charge in [-0.3, -0.25) is 24.0 Å². The molecule has 0 aliphatic rings. The summed E-state index contributed by atoms with van der Waals surface area (Å²) in [4.78, 5) is 63.5. The SMILES string of the molecule is CC(=O)OC[C@@H](CC(=O)[C@H](Cc1ccc(F)cc1)NC(=O)c1ccc(F)cc1)Cc1ccc(F)cc1.Cc1ccc(C[C@@H](CO)CC(=O)[C@H](Cc2ccc(F)cc2)NC(=O)c2ccc(F)cc2)cc1. The van der Waals surface area contributed by atoms with Crippen LogP contribution in [-0.2, 0) is 44.8 Å². The first-order chi connectivity index (χ1) is 33.0. The van der Waals surface area contributed by atoms with Crippen molar-refractivity contribution < 1.29 is 55.8 Å². The van der Waals surface area contributed by atoms with E-state index in [-0.39, 0.29) is 67.5 Å². The molecule has 0 bridgehead atoms. The molecule has 14 heteroatoms. The number of hydrogen-bond acceptors (Lipinski definition) is 7. The molecule has 0 spiro atoms. The maximum absolute atomic E-state index is 13.4. The van der Waals surface area contributed by atoms with Gasteiger partial charge in [-0.2, -0.15) is 0 Å². The van der Waals surface area contributed by atoms with E-state index in [1.165, 1.54) is 91.9 Å². The first-order valence-corrected chi connectivity index (χ1v) is 22.2. The molecule has 0 fully saturated rings. The van der Waals surface area contributed by atoms with Crippen LogP contribution in [0.2, 0.25) is 0 Å². The normalized spacial score (nSPS) is 12.6. The molecule has 0 saturated carbocycles. The Balaban J connectivity index is 0.000000258. The molecule has 0 unspecified atom stereocenters. The van der Waals surface area contributed by atoms with E-state index in [1.807, 2.05) is 31.2 Å². The van der Waals surface area contributed by atoms with Crippen LogP contribution in [0.15, 0.2) is 146 Å². The molecule has 6 aromatic carbocycles. The Labute approximate surface area is 397 Å². The van der Waals surface area contributed by atoms with E-state index in [9.17, 15) is 51.0 Å². The van der Waals surface area contributed by atoms with Gasteiger partial charge >= 0.3 is 5.97 Å². The van der Waals surface area contributed by atoms with Gasteiger partial charge in [0.15, 0.2) is 11.6 Å². The Morgan fingerprint density at radius 1 is 0.464 bits per heavy atom. The molecule has 0 radical (unpaired) electrons. The molecule has 9 nitrogen and oxygen atoms in total. The molecule has 0 heterocycles. The maximum atomic E-state index is 13.4. The number of aliphatic hydroxyl groups is 1. The Morgan fingerprint density at radius 2 is 0.768 bits per heavy atom. The van der Waals surface area contributed by atoms with Crippen LogP contribution >= 0.6 is 0 Å². The highest BCUT2D eigenvalue weighted by Gasteiger charge is 2.27. The summed E-state index contributed by atoms with van der Waals surface area (Å²) in [6.45, 7) is 3.04. The summed E-state index contributed by atoms with van der Waals surface area (Å²) in [5.74, 6) is -5.05. The zero-order valence-corrected chi connectivity index (χ0v) is 38.1. The minimum Gasteiger partial charge on any atom is -0.466 e. The van der Waals surface area contributed by atoms with Crippen LogP contribution in [0.25, 0.3) is 0 Å². The number of aryl methyl sites for hydroxylation is 1. The number of nitrogens with one attached hydrogen (secondary N) is 2. The predicted octanol–water partition coefficient (Wildman–Crippen LogP) is 9.25. The van der Waals surface area contributed by atoms with Gasteiger partial charge in [-0.15, -0.1) is 0 Å². The number of halogens is 5. The van der Waals surface area contributed by atoms with Crippen molar-refractivity contribution in [1.82, 2.24) is 10.6 Å². The average Bonchev–Trinajstić information content (AvgIpc) is 3.33. The Bertz CT molecular complexity index is 2610. The second kappa shape index (κ2) is 26.3. The van der Waals surface area contributed by atoms with Crippen LogP contribution in [0.5, 0.6) is 0 Å². The number of ketones is 2. The Hall–Kier alpha value is -7.32. The molecular formula is C55H53F5N2O7. The number of aliphatic hydroxyl groups excluding tert-OH is 1. The first-order valence-electron chi connectivity index (χ1n) is 22.2. The van der Waals surface area contributed by atoms with E-state index < -0.39 is 64.9 Å². The monoisotopic (exact) mass is 948 g/mol. The third-order valence-electron chi connectivity index (χ3n) is 11.1. The van der Waals surface area contributed by atoms with E-state index >= 15 is 0 Å². The summed E-state index contributed by atoms with van der Waals surface area (Å²) in [5.41, 5.74) is 4.61. The van der Waals surface area contributed by atoms with Crippen LogP contribution in [0.4, 0.5) is 22.0 Å². The molecule has 0 aliphatic heterocycles. The van der Waals surface area contributed by atoms with Gasteiger partial charge in [0.25, 0.3) is 11.8 Å². The van der Waals surface area contributed by atoms with Crippen LogP contribution in [0, 0.1) is 47.8 Å². The third kappa shape index (κ3) is 18.0. The number of hydrogen-bond donors (Lipinski definition) is 3. The summed E-state index contributed by atoms with van der Waals surface area (Å²) in [6, 6.07) is 33.1. The highest BCUT2D eigenvalue weighted by atomic mass is 19.1. The van der Waals surface area contributed by atoms with E-state index in [1.54, 1.807) is 24.3 Å². The van der Waals surface area contributed by atoms with Gasteiger partial charge in [-0.05, 0) is 146 Å². The Morgan fingerprint density at radius 3 is 1.12 bits per heavy atom. The van der Waals surface area contributed by atoms with Gasteiger partial charge in [-0.1, -0.05) is 66.2 Å². The van der Waals surface area contributed by atoms with Crippen molar-refractivity contribution in [1.29, 1.82) is 0 Å². The van der Waals surface area contributed by atoms with Crippen molar-refractivity contribution >= 4 is 29.4 Å². The van der Waals surface area contributed by atoms with Crippen molar-refractivity contribution in [3.05, 3.63) is 214 Å². The number of rotatable bonds is 21. The van der Waals surface area contributed by atoms with E-state index in [0.29, 0.717) is 24.0 Å². The van der Waals surface area contributed by atoms with Gasteiger partial charge < -0.3 is 20.5 Å². The summed E-state index contributed by atoms with van der Waals surface area (Å²) in [6.07, 6.45) is 1.17. The van der Waals surface area contributed by atoms with Crippen molar-refractivity contribution in [2.75, 3.05) is 13.2 Å². The van der Waals surface area contributed by atoms with Crippen LogP contribution in [0.3, 0.4) is 0 Å². The van der Waals surface area contributed by atoms with Gasteiger partial charge in [-0.25, -0.2) is 22.0 Å². The lowest BCUT2D eigenvalue weighted by atomic mass is 9.90. The highest BCUT2D eigenvalue weighted by Crippen LogP contribution is 2.20. The number of esters is 1. The standard InChI is InChI=1S/C28H26F3NO4.C27H27F2NO3/c1-18(33)36-17-21(14-19-2-8-23(29)9-3-19)16-27(34)26(15-20-4-10-24(30)11-5-20)32-28(35)22-6-12-25(31)13-7-22;1-18-2-4-19(5-3-18)14-21(17-31)16-26(32)25(15-20-6-10-23(28)11-7-20)30-27(33)22-8-12-24(29)13-9-22/h2-13,21,26H,14-17H2,1H3,(H,32,35);2-13,21,25,31H,14-17H2,1H3,(H,30,33)/t21-,26+;21-,25+/m11/s1. The van der Waals surface area contributed by atoms with Crippen molar-refractivity contribution in [3.63, 3.8) is 0 Å². The van der Waals surface area contributed by atoms with Gasteiger partial charge in [0.2, 0.25) is 0 Å². The third-order valence-corrected chi connectivity index (χ3v) is 11.1. The fraction of sp³-hybridized carbons (Fsp3) is 0.255. The van der Waals surface area contributed by atoms with E-state index in [0.717, 1.165) is 28.8 Å². The molecule has 6 rings (SSSR count). The molecule has 4 atom stereocenters. The largest absolute Gasteiger partial charge is 0.466 e. The van der Waals surface area contributed by atoms with Crippen LogP contribution in [-0.4, -0.2) is 59.8 Å². The second-order valence-electron chi connectivity index (χ2n) is 16.8. The smallest absolute Gasteiger partial charge is 0.302 e. The van der Waals surface area contributed by atoms with Gasteiger partial charge in [0, 0.05) is 43.4 Å². The predicted molar refractivity (Wildman–Crippen MR) is 250 cm³/mol. The molecule has 360 valence electrons. The minimum atomic E-state index is -0.971. The van der Waals surface area contributed by atoms with Gasteiger partial charge in [0.05, 0.1) is 18.7 Å². The summed E-state index contributed by atoms with van der Waals surface area (Å²) < 4.78 is 71.6. The molecule has 6 aromatic rings. The number of Topliss-reactive ketones (excluding diaryl/α,β-unsaturated/α-hetero) is 2. The molecule has 0 aromatic heterocycles. The zero-order chi connectivity index (χ0) is 49.9.